The number of carboxylic acids is 1. The molecule has 0 aliphatic heterocycles. The van der Waals surface area contributed by atoms with Crippen molar-refractivity contribution in [1.82, 2.24) is 15.3 Å². The molecule has 0 radical (unpaired) electrons. The third-order valence-corrected chi connectivity index (χ3v) is 3.20. The smallest absolute Gasteiger partial charge is 0.305 e. The minimum Gasteiger partial charge on any atom is -0.481 e. The first-order chi connectivity index (χ1) is 10.9. The maximum atomic E-state index is 13.0. The number of aryl methyl sites for hydroxylation is 1. The Hall–Kier alpha value is -2.61. The molecule has 2 aromatic rings. The zero-order chi connectivity index (χ0) is 16.8. The summed E-state index contributed by atoms with van der Waals surface area (Å²) in [5.41, 5.74) is 1.38. The van der Waals surface area contributed by atoms with E-state index >= 15 is 0 Å². The van der Waals surface area contributed by atoms with Crippen molar-refractivity contribution >= 4 is 29.2 Å². The minimum absolute atomic E-state index is 0.186. The summed E-state index contributed by atoms with van der Waals surface area (Å²) in [6.45, 7) is 1.81. The average Bonchev–Trinajstić information content (AvgIpc) is 2.46. The summed E-state index contributed by atoms with van der Waals surface area (Å²) in [4.78, 5) is 19.2. The minimum atomic E-state index is -0.999. The molecule has 1 aromatic heterocycles. The van der Waals surface area contributed by atoms with Crippen molar-refractivity contribution in [1.29, 1.82) is 0 Å². The van der Waals surface area contributed by atoms with E-state index in [1.165, 1.54) is 24.3 Å². The lowest BCUT2D eigenvalue weighted by molar-refractivity contribution is -0.137. The molecular formula is C15H15FN4O2S. The molecule has 1 atom stereocenters. The van der Waals surface area contributed by atoms with Gasteiger partial charge in [0, 0.05) is 11.9 Å². The van der Waals surface area contributed by atoms with Crippen molar-refractivity contribution in [2.24, 2.45) is 0 Å². The normalized spacial score (nSPS) is 11.6. The number of thiocarbonyl (C=S) groups is 1. The Morgan fingerprint density at radius 1 is 1.35 bits per heavy atom. The van der Waals surface area contributed by atoms with Crippen molar-refractivity contribution in [3.05, 3.63) is 53.6 Å². The molecule has 0 amide bonds. The summed E-state index contributed by atoms with van der Waals surface area (Å²) >= 11 is 5.16. The van der Waals surface area contributed by atoms with Crippen molar-refractivity contribution in [3.63, 3.8) is 0 Å². The number of hydrogen-bond acceptors (Lipinski definition) is 4. The third-order valence-electron chi connectivity index (χ3n) is 2.98. The zero-order valence-corrected chi connectivity index (χ0v) is 13.1. The molecule has 8 heteroatoms. The van der Waals surface area contributed by atoms with E-state index in [4.69, 9.17) is 17.3 Å². The van der Waals surface area contributed by atoms with E-state index in [-0.39, 0.29) is 11.5 Å². The molecule has 1 heterocycles. The topological polar surface area (TPSA) is 87.1 Å². The number of carbonyl (C=O) groups is 1. The van der Waals surface area contributed by atoms with Crippen molar-refractivity contribution in [3.8, 4) is 0 Å². The number of nitrogens with zero attached hydrogens (tertiary/aromatic N) is 2. The summed E-state index contributed by atoms with van der Waals surface area (Å²) in [6, 6.07) is 6.72. The Kier molecular flexibility index (Phi) is 5.53. The molecule has 0 saturated heterocycles. The van der Waals surface area contributed by atoms with Crippen molar-refractivity contribution in [2.75, 3.05) is 5.32 Å². The van der Waals surface area contributed by atoms with Gasteiger partial charge in [-0.15, -0.1) is 0 Å². The van der Waals surface area contributed by atoms with Gasteiger partial charge < -0.3 is 15.7 Å². The first kappa shape index (κ1) is 16.8. The molecule has 0 spiro atoms. The molecule has 6 nitrogen and oxygen atoms in total. The number of aliphatic carboxylic acids is 1. The van der Waals surface area contributed by atoms with E-state index in [1.54, 1.807) is 12.3 Å². The highest BCUT2D eigenvalue weighted by molar-refractivity contribution is 7.80. The van der Waals surface area contributed by atoms with E-state index in [0.717, 1.165) is 5.69 Å². The molecule has 1 unspecified atom stereocenters. The summed E-state index contributed by atoms with van der Waals surface area (Å²) in [5, 5.41) is 14.9. The van der Waals surface area contributed by atoms with Crippen LogP contribution >= 0.6 is 12.2 Å². The Bertz CT molecular complexity index is 709. The van der Waals surface area contributed by atoms with E-state index in [0.29, 0.717) is 11.5 Å². The van der Waals surface area contributed by atoms with Crippen LogP contribution in [0.5, 0.6) is 0 Å². The van der Waals surface area contributed by atoms with Gasteiger partial charge >= 0.3 is 5.97 Å². The largest absolute Gasteiger partial charge is 0.481 e. The average molecular weight is 334 g/mol. The highest BCUT2D eigenvalue weighted by atomic mass is 32.1. The molecule has 3 N–H and O–H groups in total. The zero-order valence-electron chi connectivity index (χ0n) is 12.3. The summed E-state index contributed by atoms with van der Waals surface area (Å²) in [7, 11) is 0. The summed E-state index contributed by atoms with van der Waals surface area (Å²) < 4.78 is 13.0. The third kappa shape index (κ3) is 5.26. The Labute approximate surface area is 137 Å². The number of benzene rings is 1. The quantitative estimate of drug-likeness (QED) is 0.724. The second kappa shape index (κ2) is 7.59. The number of aromatic nitrogens is 2. The number of nitrogens with one attached hydrogen (secondary N) is 2. The number of carboxylic acid groups (broad SMARTS) is 1. The van der Waals surface area contributed by atoms with Gasteiger partial charge in [-0.2, -0.15) is 0 Å². The number of rotatable bonds is 5. The second-order valence-electron chi connectivity index (χ2n) is 4.82. The monoisotopic (exact) mass is 334 g/mol. The molecule has 2 rings (SSSR count). The van der Waals surface area contributed by atoms with Gasteiger partial charge in [0.15, 0.2) is 5.11 Å². The van der Waals surface area contributed by atoms with Gasteiger partial charge in [0.1, 0.15) is 5.82 Å². The van der Waals surface area contributed by atoms with Crippen LogP contribution in [-0.2, 0) is 4.79 Å². The number of anilines is 1. The first-order valence-corrected chi connectivity index (χ1v) is 7.19. The SMILES string of the molecule is Cc1ccnc(NC(=S)NC(CC(=O)O)c2ccc(F)cc2)n1. The Morgan fingerprint density at radius 2 is 2.04 bits per heavy atom. The lowest BCUT2D eigenvalue weighted by Crippen LogP contribution is -2.34. The first-order valence-electron chi connectivity index (χ1n) is 6.78. The number of halogens is 1. The molecule has 23 heavy (non-hydrogen) atoms. The van der Waals surface area contributed by atoms with Gasteiger partial charge in [-0.3, -0.25) is 4.79 Å². The lowest BCUT2D eigenvalue weighted by Gasteiger charge is -2.19. The van der Waals surface area contributed by atoms with Gasteiger partial charge in [-0.1, -0.05) is 12.1 Å². The fraction of sp³-hybridized carbons (Fsp3) is 0.200. The van der Waals surface area contributed by atoms with Crippen LogP contribution in [0.1, 0.15) is 23.7 Å². The summed E-state index contributed by atoms with van der Waals surface area (Å²) in [6.07, 6.45) is 1.38. The molecule has 0 fully saturated rings. The van der Waals surface area contributed by atoms with Crippen molar-refractivity contribution < 1.29 is 14.3 Å². The molecule has 0 aliphatic rings. The van der Waals surface area contributed by atoms with Gasteiger partial charge in [0.2, 0.25) is 5.95 Å². The molecule has 120 valence electrons. The summed E-state index contributed by atoms with van der Waals surface area (Å²) in [5.74, 6) is -1.08. The van der Waals surface area contributed by atoms with Crippen LogP contribution in [0.15, 0.2) is 36.5 Å². The van der Waals surface area contributed by atoms with E-state index in [2.05, 4.69) is 20.6 Å². The maximum absolute atomic E-state index is 13.0. The van der Waals surface area contributed by atoms with Gasteiger partial charge in [-0.05, 0) is 42.9 Å². The molecular weight excluding hydrogens is 319 g/mol. The van der Waals surface area contributed by atoms with Gasteiger partial charge in [0.05, 0.1) is 12.5 Å². The van der Waals surface area contributed by atoms with Crippen LogP contribution in [0.2, 0.25) is 0 Å². The predicted molar refractivity (Wildman–Crippen MR) is 87.5 cm³/mol. The highest BCUT2D eigenvalue weighted by Gasteiger charge is 2.17. The van der Waals surface area contributed by atoms with Crippen LogP contribution in [0.4, 0.5) is 10.3 Å². The van der Waals surface area contributed by atoms with Gasteiger partial charge in [0.25, 0.3) is 0 Å². The highest BCUT2D eigenvalue weighted by Crippen LogP contribution is 2.17. The maximum Gasteiger partial charge on any atom is 0.305 e. The molecule has 0 bridgehead atoms. The molecule has 0 saturated carbocycles. The lowest BCUT2D eigenvalue weighted by atomic mass is 10.0. The predicted octanol–water partition coefficient (Wildman–Crippen LogP) is 2.43. The van der Waals surface area contributed by atoms with Gasteiger partial charge in [-0.25, -0.2) is 14.4 Å². The molecule has 0 aliphatic carbocycles. The van der Waals surface area contributed by atoms with Crippen LogP contribution in [-0.4, -0.2) is 26.2 Å². The van der Waals surface area contributed by atoms with Crippen LogP contribution in [0.25, 0.3) is 0 Å². The second-order valence-corrected chi connectivity index (χ2v) is 5.23. The van der Waals surface area contributed by atoms with Crippen molar-refractivity contribution in [2.45, 2.75) is 19.4 Å². The van der Waals surface area contributed by atoms with E-state index in [1.807, 2.05) is 6.92 Å². The number of hydrogen-bond donors (Lipinski definition) is 3. The standard InChI is InChI=1S/C15H15FN4O2S/c1-9-6-7-17-14(18-9)20-15(23)19-12(8-13(21)22)10-2-4-11(16)5-3-10/h2-7,12H,8H2,1H3,(H,21,22)(H2,17,18,19,20,23). The van der Waals surface area contributed by atoms with Crippen LogP contribution in [0, 0.1) is 12.7 Å². The van der Waals surface area contributed by atoms with E-state index in [9.17, 15) is 9.18 Å². The van der Waals surface area contributed by atoms with Crippen LogP contribution in [0.3, 0.4) is 0 Å². The van der Waals surface area contributed by atoms with Crippen LogP contribution < -0.4 is 10.6 Å². The van der Waals surface area contributed by atoms with E-state index < -0.39 is 17.8 Å². The Morgan fingerprint density at radius 3 is 2.65 bits per heavy atom. The fourth-order valence-electron chi connectivity index (χ4n) is 1.93. The fourth-order valence-corrected chi connectivity index (χ4v) is 2.16. The molecule has 1 aromatic carbocycles. The Balaban J connectivity index is 2.09.